The van der Waals surface area contributed by atoms with Gasteiger partial charge in [-0.25, -0.2) is 0 Å². The Morgan fingerprint density at radius 2 is 2.29 bits per heavy atom. The molecule has 0 heterocycles. The number of aliphatic hydroxyl groups excluding tert-OH is 1. The fourth-order valence-electron chi connectivity index (χ4n) is 3.13. The highest BCUT2D eigenvalue weighted by atomic mass is 16.3. The molecular formula is C13H22O. The highest BCUT2D eigenvalue weighted by molar-refractivity contribution is 5.23. The van der Waals surface area contributed by atoms with Crippen LogP contribution in [-0.2, 0) is 0 Å². The van der Waals surface area contributed by atoms with E-state index in [9.17, 15) is 5.11 Å². The van der Waals surface area contributed by atoms with Crippen LogP contribution < -0.4 is 0 Å². The van der Waals surface area contributed by atoms with Crippen LogP contribution in [0.4, 0.5) is 0 Å². The molecule has 1 saturated carbocycles. The third kappa shape index (κ3) is 1.52. The summed E-state index contributed by atoms with van der Waals surface area (Å²) in [6.45, 7) is 6.69. The van der Waals surface area contributed by atoms with E-state index in [2.05, 4.69) is 19.9 Å². The molecule has 0 amide bonds. The Morgan fingerprint density at radius 1 is 1.57 bits per heavy atom. The van der Waals surface area contributed by atoms with E-state index < -0.39 is 0 Å². The molecule has 0 saturated heterocycles. The van der Waals surface area contributed by atoms with Crippen molar-refractivity contribution in [2.75, 3.05) is 0 Å². The summed E-state index contributed by atoms with van der Waals surface area (Å²) in [6, 6.07) is 0. The van der Waals surface area contributed by atoms with Crippen LogP contribution in [-0.4, -0.2) is 11.2 Å². The number of aliphatic hydroxyl groups is 1. The molecule has 0 aliphatic heterocycles. The Balaban J connectivity index is 1.97. The van der Waals surface area contributed by atoms with E-state index in [0.29, 0.717) is 5.41 Å². The van der Waals surface area contributed by atoms with Crippen molar-refractivity contribution in [2.45, 2.75) is 52.6 Å². The minimum atomic E-state index is -0.142. The minimum Gasteiger partial charge on any atom is -0.393 e. The maximum absolute atomic E-state index is 9.28. The second-order valence-corrected chi connectivity index (χ2v) is 5.71. The quantitative estimate of drug-likeness (QED) is 0.684. The Hall–Kier alpha value is -0.300. The van der Waals surface area contributed by atoms with Crippen LogP contribution in [0.5, 0.6) is 0 Å². The maximum Gasteiger partial charge on any atom is 0.0515 e. The standard InChI is InChI=1S/C13H22O/c1-9(14)4-5-10-6-7-11-8-12(10)13(11,2)3/h6,9,11-12,14H,4-5,7-8H2,1-3H3/t9-,11?,12?/m0/s1. The number of hydrogen-bond acceptors (Lipinski definition) is 1. The lowest BCUT2D eigenvalue weighted by molar-refractivity contribution is -0.00924. The van der Waals surface area contributed by atoms with Crippen molar-refractivity contribution >= 4 is 0 Å². The van der Waals surface area contributed by atoms with Gasteiger partial charge in [-0.15, -0.1) is 0 Å². The molecule has 3 aliphatic carbocycles. The molecule has 14 heavy (non-hydrogen) atoms. The van der Waals surface area contributed by atoms with Gasteiger partial charge in [-0.05, 0) is 49.9 Å². The molecule has 1 fully saturated rings. The van der Waals surface area contributed by atoms with Gasteiger partial charge < -0.3 is 5.11 Å². The normalized spacial score (nSPS) is 35.9. The van der Waals surface area contributed by atoms with E-state index in [1.165, 1.54) is 12.8 Å². The first-order valence-corrected chi connectivity index (χ1v) is 5.89. The van der Waals surface area contributed by atoms with Crippen LogP contribution in [0.15, 0.2) is 11.6 Å². The van der Waals surface area contributed by atoms with Crippen LogP contribution in [0, 0.1) is 17.3 Å². The van der Waals surface area contributed by atoms with Gasteiger partial charge in [0.2, 0.25) is 0 Å². The Kier molecular flexibility index (Phi) is 2.46. The number of allylic oxidation sites excluding steroid dienone is 2. The van der Waals surface area contributed by atoms with Gasteiger partial charge >= 0.3 is 0 Å². The summed E-state index contributed by atoms with van der Waals surface area (Å²) in [5.41, 5.74) is 2.17. The van der Waals surface area contributed by atoms with E-state index in [1.807, 2.05) is 6.92 Å². The minimum absolute atomic E-state index is 0.142. The van der Waals surface area contributed by atoms with Gasteiger partial charge in [0.1, 0.15) is 0 Å². The summed E-state index contributed by atoms with van der Waals surface area (Å²) in [5, 5.41) is 9.28. The third-order valence-corrected chi connectivity index (χ3v) is 4.43. The summed E-state index contributed by atoms with van der Waals surface area (Å²) in [6.07, 6.45) is 7.02. The monoisotopic (exact) mass is 194 g/mol. The lowest BCUT2D eigenvalue weighted by atomic mass is 9.48. The van der Waals surface area contributed by atoms with Crippen molar-refractivity contribution in [3.63, 3.8) is 0 Å². The largest absolute Gasteiger partial charge is 0.393 e. The lowest BCUT2D eigenvalue weighted by Gasteiger charge is -2.56. The van der Waals surface area contributed by atoms with Gasteiger partial charge in [0, 0.05) is 0 Å². The molecule has 1 N–H and O–H groups in total. The Morgan fingerprint density at radius 3 is 2.79 bits per heavy atom. The number of fused-ring (bicyclic) bond motifs is 1. The van der Waals surface area contributed by atoms with Crippen molar-refractivity contribution in [3.05, 3.63) is 11.6 Å². The van der Waals surface area contributed by atoms with Crippen molar-refractivity contribution < 1.29 is 5.11 Å². The zero-order valence-corrected chi connectivity index (χ0v) is 9.59. The summed E-state index contributed by atoms with van der Waals surface area (Å²) >= 11 is 0. The molecule has 1 nitrogen and oxygen atoms in total. The average molecular weight is 194 g/mol. The first-order chi connectivity index (χ1) is 6.51. The van der Waals surface area contributed by atoms with E-state index in [4.69, 9.17) is 0 Å². The lowest BCUT2D eigenvalue weighted by Crippen LogP contribution is -2.48. The fraction of sp³-hybridized carbons (Fsp3) is 0.846. The number of hydrogen-bond donors (Lipinski definition) is 1. The van der Waals surface area contributed by atoms with Crippen LogP contribution in [0.2, 0.25) is 0 Å². The Labute approximate surface area is 87.2 Å². The molecule has 2 unspecified atom stereocenters. The van der Waals surface area contributed by atoms with Gasteiger partial charge in [0.25, 0.3) is 0 Å². The predicted molar refractivity (Wildman–Crippen MR) is 59.0 cm³/mol. The van der Waals surface area contributed by atoms with Crippen molar-refractivity contribution in [1.29, 1.82) is 0 Å². The third-order valence-electron chi connectivity index (χ3n) is 4.43. The van der Waals surface area contributed by atoms with Gasteiger partial charge in [0.15, 0.2) is 0 Å². The van der Waals surface area contributed by atoms with E-state index in [-0.39, 0.29) is 6.10 Å². The average Bonchev–Trinajstić information content (AvgIpc) is 2.14. The smallest absolute Gasteiger partial charge is 0.0515 e. The summed E-state index contributed by atoms with van der Waals surface area (Å²) < 4.78 is 0. The molecule has 3 rings (SSSR count). The van der Waals surface area contributed by atoms with Gasteiger partial charge in [-0.3, -0.25) is 0 Å². The highest BCUT2D eigenvalue weighted by Crippen LogP contribution is 2.59. The molecule has 1 heteroatoms. The molecule has 3 atom stereocenters. The van der Waals surface area contributed by atoms with Crippen LogP contribution in [0.3, 0.4) is 0 Å². The van der Waals surface area contributed by atoms with E-state index in [0.717, 1.165) is 24.7 Å². The van der Waals surface area contributed by atoms with Gasteiger partial charge in [-0.1, -0.05) is 25.5 Å². The van der Waals surface area contributed by atoms with Crippen LogP contribution >= 0.6 is 0 Å². The summed E-state index contributed by atoms with van der Waals surface area (Å²) in [7, 11) is 0. The van der Waals surface area contributed by atoms with Gasteiger partial charge in [0.05, 0.1) is 6.10 Å². The van der Waals surface area contributed by atoms with Crippen molar-refractivity contribution in [3.8, 4) is 0 Å². The van der Waals surface area contributed by atoms with Crippen LogP contribution in [0.25, 0.3) is 0 Å². The molecule has 0 spiro atoms. The zero-order chi connectivity index (χ0) is 10.3. The summed E-state index contributed by atoms with van der Waals surface area (Å²) in [4.78, 5) is 0. The van der Waals surface area contributed by atoms with Gasteiger partial charge in [-0.2, -0.15) is 0 Å². The summed E-state index contributed by atoms with van der Waals surface area (Å²) in [5.74, 6) is 1.75. The number of rotatable bonds is 3. The van der Waals surface area contributed by atoms with E-state index >= 15 is 0 Å². The molecule has 2 bridgehead atoms. The first-order valence-electron chi connectivity index (χ1n) is 5.89. The van der Waals surface area contributed by atoms with Crippen LogP contribution in [0.1, 0.15) is 46.5 Å². The molecule has 0 aromatic heterocycles. The topological polar surface area (TPSA) is 20.2 Å². The fourth-order valence-corrected chi connectivity index (χ4v) is 3.13. The zero-order valence-electron chi connectivity index (χ0n) is 9.59. The molecule has 0 radical (unpaired) electrons. The second kappa shape index (κ2) is 3.37. The molecule has 3 aliphatic rings. The molecule has 0 aromatic carbocycles. The Bertz CT molecular complexity index is 250. The molecule has 80 valence electrons. The maximum atomic E-state index is 9.28. The highest BCUT2D eigenvalue weighted by Gasteiger charge is 2.50. The first kappa shape index (κ1) is 10.2. The SMILES string of the molecule is C[C@H](O)CCC1=CCC2CC1C2(C)C. The second-order valence-electron chi connectivity index (χ2n) is 5.71. The molecular weight excluding hydrogens is 172 g/mol. The predicted octanol–water partition coefficient (Wildman–Crippen LogP) is 3.14. The van der Waals surface area contributed by atoms with E-state index in [1.54, 1.807) is 5.57 Å². The molecule has 0 aromatic rings. The van der Waals surface area contributed by atoms with Crippen molar-refractivity contribution in [1.82, 2.24) is 0 Å². The van der Waals surface area contributed by atoms with Crippen molar-refractivity contribution in [2.24, 2.45) is 17.3 Å².